The van der Waals surface area contributed by atoms with Crippen molar-refractivity contribution in [1.82, 2.24) is 4.90 Å². The molecule has 3 aromatic rings. The first-order valence-corrected chi connectivity index (χ1v) is 18.1. The predicted octanol–water partition coefficient (Wildman–Crippen LogP) is 7.16. The third kappa shape index (κ3) is 8.62. The molecular weight excluding hydrogens is 575 g/mol. The lowest BCUT2D eigenvalue weighted by atomic mass is 9.93. The fourth-order valence-corrected chi connectivity index (χ4v) is 11.4. The summed E-state index contributed by atoms with van der Waals surface area (Å²) in [5.41, 5.74) is 1.94. The molecule has 244 valence electrons. The molecule has 0 saturated carbocycles. The average molecular weight is 630 g/mol. The number of amides is 1. The molecule has 5 nitrogen and oxygen atoms in total. The van der Waals surface area contributed by atoms with Gasteiger partial charge in [0.2, 0.25) is 5.91 Å². The monoisotopic (exact) mass is 629 g/mol. The highest BCUT2D eigenvalue weighted by Crippen LogP contribution is 2.38. The summed E-state index contributed by atoms with van der Waals surface area (Å²) >= 11 is 0. The fraction of sp³-hybridized carbons (Fsp3) is 0.462. The molecule has 1 amide bonds. The summed E-state index contributed by atoms with van der Waals surface area (Å²) in [5, 5.41) is 13.2. The quantitative estimate of drug-likeness (QED) is 0.152. The summed E-state index contributed by atoms with van der Waals surface area (Å²) < 4.78 is 13.5. The molecule has 0 aliphatic heterocycles. The van der Waals surface area contributed by atoms with Gasteiger partial charge in [0, 0.05) is 26.0 Å². The molecule has 45 heavy (non-hydrogen) atoms. The molecule has 0 fully saturated rings. The number of likely N-dealkylation sites (N-methyl/N-ethyl adjacent to an activating group) is 1. The average Bonchev–Trinajstić information content (AvgIpc) is 3.03. The number of hydrogen-bond donors (Lipinski definition) is 1. The van der Waals surface area contributed by atoms with Gasteiger partial charge in [-0.2, -0.15) is 0 Å². The second-order valence-electron chi connectivity index (χ2n) is 13.7. The van der Waals surface area contributed by atoms with Crippen molar-refractivity contribution in [2.75, 3.05) is 14.2 Å². The van der Waals surface area contributed by atoms with Crippen molar-refractivity contribution in [2.24, 2.45) is 11.8 Å². The molecule has 0 bridgehead atoms. The van der Waals surface area contributed by atoms with Gasteiger partial charge in [-0.25, -0.2) is 0 Å². The van der Waals surface area contributed by atoms with Gasteiger partial charge in [0.05, 0.1) is 24.4 Å². The van der Waals surface area contributed by atoms with Gasteiger partial charge in [-0.15, -0.1) is 0 Å². The second-order valence-corrected chi connectivity index (χ2v) is 18.0. The Kier molecular flexibility index (Phi) is 12.9. The van der Waals surface area contributed by atoms with Crippen molar-refractivity contribution in [3.63, 3.8) is 0 Å². The highest BCUT2D eigenvalue weighted by atomic mass is 28.4. The number of methoxy groups -OCH3 is 1. The lowest BCUT2D eigenvalue weighted by Gasteiger charge is -2.46. The minimum Gasteiger partial charge on any atom is -0.402 e. The number of carbonyl (C=O) groups is 1. The number of aliphatic hydroxyl groups is 1. The Morgan fingerprint density at radius 2 is 1.33 bits per heavy atom. The Labute approximate surface area is 273 Å². The zero-order valence-electron chi connectivity index (χ0n) is 29.0. The van der Waals surface area contributed by atoms with Gasteiger partial charge in [-0.1, -0.05) is 137 Å². The maximum absolute atomic E-state index is 13.4. The van der Waals surface area contributed by atoms with E-state index in [2.05, 4.69) is 108 Å². The van der Waals surface area contributed by atoms with E-state index in [0.29, 0.717) is 6.42 Å². The van der Waals surface area contributed by atoms with Gasteiger partial charge in [-0.3, -0.25) is 4.79 Å². The summed E-state index contributed by atoms with van der Waals surface area (Å²) in [6.07, 6.45) is 1.73. The molecule has 3 rings (SSSR count). The molecule has 0 radical (unpaired) electrons. The highest BCUT2D eigenvalue weighted by Gasteiger charge is 2.51. The van der Waals surface area contributed by atoms with Crippen molar-refractivity contribution in [2.45, 2.75) is 91.2 Å². The Bertz CT molecular complexity index is 1320. The topological polar surface area (TPSA) is 59.0 Å². The molecule has 0 aliphatic rings. The van der Waals surface area contributed by atoms with E-state index in [1.54, 1.807) is 19.1 Å². The zero-order chi connectivity index (χ0) is 33.4. The summed E-state index contributed by atoms with van der Waals surface area (Å²) in [4.78, 5) is 15.1. The number of nitrogens with zero attached hydrogens (tertiary/aromatic N) is 1. The maximum Gasteiger partial charge on any atom is 0.261 e. The van der Waals surface area contributed by atoms with Crippen LogP contribution in [0.4, 0.5) is 0 Å². The van der Waals surface area contributed by atoms with Gasteiger partial charge in [0.15, 0.2) is 0 Å². The van der Waals surface area contributed by atoms with E-state index in [-0.39, 0.29) is 41.0 Å². The molecule has 0 saturated heterocycles. The highest BCUT2D eigenvalue weighted by molar-refractivity contribution is 6.99. The van der Waals surface area contributed by atoms with E-state index in [4.69, 9.17) is 9.16 Å². The SMILES string of the molecule is CO[C@@H]([C@H](C)O[Si](c1ccccc1)(c1ccccc1)C(C)(C)C)[C@@H](C)/C=C(\C)C[C@H](C)C(=O)N(C)[C@@H](C)[C@@H](O)c1ccccc1. The Morgan fingerprint density at radius 1 is 0.867 bits per heavy atom. The fourth-order valence-electron chi connectivity index (χ4n) is 6.74. The predicted molar refractivity (Wildman–Crippen MR) is 189 cm³/mol. The van der Waals surface area contributed by atoms with Crippen molar-refractivity contribution < 1.29 is 19.1 Å². The molecule has 0 spiro atoms. The standard InChI is InChI=1S/C39H55NO4Si/c1-28(27-30(3)38(42)40(9)31(4)36(41)33-20-14-11-15-21-33)26-29(2)37(43-10)32(5)44-45(39(6,7)8,34-22-16-12-17-23-34)35-24-18-13-19-25-35/h11-26,29-32,36-37,41H,27H2,1-10H3/b28-26+/t29-,30-,31-,32-,36+,37+/m0/s1. The maximum atomic E-state index is 13.4. The number of benzene rings is 3. The molecule has 6 heteroatoms. The summed E-state index contributed by atoms with van der Waals surface area (Å²) in [6, 6.07) is 30.5. The Hall–Kier alpha value is -3.03. The smallest absolute Gasteiger partial charge is 0.261 e. The molecule has 1 N–H and O–H groups in total. The molecule has 0 aromatic heterocycles. The number of carbonyl (C=O) groups excluding carboxylic acids is 1. The molecule has 6 atom stereocenters. The normalized spacial score (nSPS) is 16.7. The first-order valence-electron chi connectivity index (χ1n) is 16.2. The summed E-state index contributed by atoms with van der Waals surface area (Å²) in [6.45, 7) is 17.1. The minimum atomic E-state index is -2.75. The van der Waals surface area contributed by atoms with Gasteiger partial charge >= 0.3 is 0 Å². The van der Waals surface area contributed by atoms with E-state index < -0.39 is 14.4 Å². The van der Waals surface area contributed by atoms with Crippen molar-refractivity contribution in [1.29, 1.82) is 0 Å². The van der Waals surface area contributed by atoms with Crippen LogP contribution in [0.15, 0.2) is 103 Å². The third-order valence-electron chi connectivity index (χ3n) is 9.19. The van der Waals surface area contributed by atoms with E-state index >= 15 is 0 Å². The van der Waals surface area contributed by atoms with Crippen LogP contribution in [0.2, 0.25) is 5.04 Å². The third-order valence-corrected chi connectivity index (χ3v) is 14.3. The Morgan fingerprint density at radius 3 is 1.78 bits per heavy atom. The van der Waals surface area contributed by atoms with E-state index in [0.717, 1.165) is 11.1 Å². The summed E-state index contributed by atoms with van der Waals surface area (Å²) in [5.74, 6) is -0.151. The van der Waals surface area contributed by atoms with Crippen molar-refractivity contribution in [3.8, 4) is 0 Å². The zero-order valence-corrected chi connectivity index (χ0v) is 30.0. The van der Waals surface area contributed by atoms with Gasteiger partial charge in [-0.05, 0) is 48.2 Å². The van der Waals surface area contributed by atoms with E-state index in [1.807, 2.05) is 44.2 Å². The number of allylic oxidation sites excluding steroid dienone is 1. The first-order chi connectivity index (χ1) is 21.2. The van der Waals surface area contributed by atoms with Crippen LogP contribution in [0.25, 0.3) is 0 Å². The molecule has 3 aromatic carbocycles. The lowest BCUT2D eigenvalue weighted by Crippen LogP contribution is -2.68. The largest absolute Gasteiger partial charge is 0.402 e. The molecule has 0 heterocycles. The van der Waals surface area contributed by atoms with Crippen LogP contribution in [0.3, 0.4) is 0 Å². The van der Waals surface area contributed by atoms with Crippen LogP contribution in [0.5, 0.6) is 0 Å². The van der Waals surface area contributed by atoms with Crippen LogP contribution in [0.1, 0.15) is 73.5 Å². The van der Waals surface area contributed by atoms with Crippen LogP contribution in [-0.4, -0.2) is 56.6 Å². The van der Waals surface area contributed by atoms with Crippen LogP contribution in [0, 0.1) is 11.8 Å². The van der Waals surface area contributed by atoms with Gasteiger partial charge in [0.1, 0.15) is 0 Å². The lowest BCUT2D eigenvalue weighted by molar-refractivity contribution is -0.137. The van der Waals surface area contributed by atoms with Crippen LogP contribution in [-0.2, 0) is 14.0 Å². The van der Waals surface area contributed by atoms with Gasteiger partial charge < -0.3 is 19.2 Å². The molecular formula is C39H55NO4Si. The van der Waals surface area contributed by atoms with E-state index in [9.17, 15) is 9.90 Å². The Balaban J connectivity index is 1.79. The number of aliphatic hydroxyl groups excluding tert-OH is 1. The first kappa shape index (κ1) is 36.4. The number of rotatable bonds is 14. The van der Waals surface area contributed by atoms with Gasteiger partial charge in [0.25, 0.3) is 8.32 Å². The van der Waals surface area contributed by atoms with Crippen LogP contribution >= 0.6 is 0 Å². The second kappa shape index (κ2) is 16.0. The summed E-state index contributed by atoms with van der Waals surface area (Å²) in [7, 11) is 0.793. The molecule has 0 unspecified atom stereocenters. The van der Waals surface area contributed by atoms with Crippen molar-refractivity contribution >= 4 is 24.6 Å². The number of ether oxygens (including phenoxy) is 1. The van der Waals surface area contributed by atoms with E-state index in [1.165, 1.54) is 10.4 Å². The number of hydrogen-bond acceptors (Lipinski definition) is 4. The van der Waals surface area contributed by atoms with Crippen molar-refractivity contribution in [3.05, 3.63) is 108 Å². The van der Waals surface area contributed by atoms with Crippen LogP contribution < -0.4 is 10.4 Å². The molecule has 0 aliphatic carbocycles. The minimum absolute atomic E-state index is 0.0181.